The SMILES string of the molecule is O=C1NC(=O)C(=Cc2cc(C(F)(F)F)cc(Cl)c2N2CCN(CCO)CC2)S1. The molecule has 6 nitrogen and oxygen atoms in total. The molecule has 3 rings (SSSR count). The van der Waals surface area contributed by atoms with E-state index in [0.29, 0.717) is 50.2 Å². The minimum atomic E-state index is -4.60. The summed E-state index contributed by atoms with van der Waals surface area (Å²) in [5.41, 5.74) is -0.414. The second-order valence-electron chi connectivity index (χ2n) is 6.30. The molecule has 0 radical (unpaired) electrons. The largest absolute Gasteiger partial charge is 0.416 e. The number of rotatable bonds is 4. The van der Waals surface area contributed by atoms with Crippen molar-refractivity contribution in [1.29, 1.82) is 0 Å². The van der Waals surface area contributed by atoms with Crippen molar-refractivity contribution in [3.63, 3.8) is 0 Å². The lowest BCUT2D eigenvalue weighted by Gasteiger charge is -2.37. The summed E-state index contributed by atoms with van der Waals surface area (Å²) in [6.07, 6.45) is -3.34. The summed E-state index contributed by atoms with van der Waals surface area (Å²) in [7, 11) is 0. The summed E-state index contributed by atoms with van der Waals surface area (Å²) in [5, 5.41) is 10.5. The van der Waals surface area contributed by atoms with Crippen molar-refractivity contribution >= 4 is 46.3 Å². The van der Waals surface area contributed by atoms with Gasteiger partial charge in [0.05, 0.1) is 27.8 Å². The van der Waals surface area contributed by atoms with E-state index in [9.17, 15) is 22.8 Å². The Kier molecular flexibility index (Phi) is 6.23. The maximum Gasteiger partial charge on any atom is 0.416 e. The summed E-state index contributed by atoms with van der Waals surface area (Å²) in [6.45, 7) is 2.77. The van der Waals surface area contributed by atoms with Crippen LogP contribution in [0.5, 0.6) is 0 Å². The van der Waals surface area contributed by atoms with Crippen molar-refractivity contribution in [1.82, 2.24) is 10.2 Å². The average molecular weight is 436 g/mol. The molecule has 2 N–H and O–H groups in total. The molecule has 0 aliphatic carbocycles. The molecule has 152 valence electrons. The van der Waals surface area contributed by atoms with Crippen LogP contribution in [0.25, 0.3) is 6.08 Å². The zero-order valence-corrected chi connectivity index (χ0v) is 16.1. The number of amides is 2. The van der Waals surface area contributed by atoms with Gasteiger partial charge in [-0.1, -0.05) is 11.6 Å². The Hall–Kier alpha value is -1.75. The Labute approximate surface area is 168 Å². The lowest BCUT2D eigenvalue weighted by Crippen LogP contribution is -2.47. The van der Waals surface area contributed by atoms with Gasteiger partial charge in [-0.25, -0.2) is 0 Å². The number of carbonyl (C=O) groups is 2. The first-order valence-corrected chi connectivity index (χ1v) is 9.62. The smallest absolute Gasteiger partial charge is 0.395 e. The van der Waals surface area contributed by atoms with E-state index in [-0.39, 0.29) is 22.1 Å². The molecule has 0 aromatic heterocycles. The number of nitrogens with zero attached hydrogens (tertiary/aromatic N) is 2. The van der Waals surface area contributed by atoms with Crippen LogP contribution >= 0.6 is 23.4 Å². The quantitative estimate of drug-likeness (QED) is 0.709. The average Bonchev–Trinajstić information content (AvgIpc) is 2.92. The third-order valence-electron chi connectivity index (χ3n) is 4.45. The molecule has 0 unspecified atom stereocenters. The standard InChI is InChI=1S/C17H17ClF3N3O3S/c18-12-9-11(17(19,20)21)7-10(8-13-15(26)22-16(27)28-13)14(12)24-3-1-23(2-4-24)5-6-25/h7-9,25H,1-6H2,(H,22,26,27). The van der Waals surface area contributed by atoms with E-state index in [1.807, 2.05) is 9.80 Å². The van der Waals surface area contributed by atoms with Gasteiger partial charge in [-0.05, 0) is 30.0 Å². The molecule has 0 bridgehead atoms. The third kappa shape index (κ3) is 4.62. The number of benzene rings is 1. The highest BCUT2D eigenvalue weighted by molar-refractivity contribution is 8.18. The van der Waals surface area contributed by atoms with Crippen LogP contribution in [0.15, 0.2) is 17.0 Å². The van der Waals surface area contributed by atoms with Crippen LogP contribution < -0.4 is 10.2 Å². The van der Waals surface area contributed by atoms with Gasteiger partial charge in [-0.3, -0.25) is 19.8 Å². The summed E-state index contributed by atoms with van der Waals surface area (Å²) < 4.78 is 39.7. The van der Waals surface area contributed by atoms with Crippen LogP contribution in [0, 0.1) is 0 Å². The molecule has 28 heavy (non-hydrogen) atoms. The molecule has 0 saturated carbocycles. The maximum absolute atomic E-state index is 13.2. The molecule has 2 heterocycles. The van der Waals surface area contributed by atoms with Gasteiger partial charge in [0.15, 0.2) is 0 Å². The van der Waals surface area contributed by atoms with Crippen LogP contribution in [0.3, 0.4) is 0 Å². The van der Waals surface area contributed by atoms with E-state index in [0.717, 1.165) is 12.1 Å². The Balaban J connectivity index is 2.00. The number of anilines is 1. The number of imide groups is 1. The van der Waals surface area contributed by atoms with Crippen molar-refractivity contribution in [2.24, 2.45) is 0 Å². The van der Waals surface area contributed by atoms with Gasteiger partial charge < -0.3 is 10.0 Å². The predicted octanol–water partition coefficient (Wildman–Crippen LogP) is 2.80. The van der Waals surface area contributed by atoms with Crippen molar-refractivity contribution in [3.05, 3.63) is 33.2 Å². The number of alkyl halides is 3. The van der Waals surface area contributed by atoms with E-state index in [1.165, 1.54) is 6.08 Å². The van der Waals surface area contributed by atoms with E-state index < -0.39 is 22.9 Å². The Bertz CT molecular complexity index is 824. The fourth-order valence-electron chi connectivity index (χ4n) is 3.13. The zero-order valence-electron chi connectivity index (χ0n) is 14.6. The van der Waals surface area contributed by atoms with Crippen molar-refractivity contribution < 1.29 is 27.9 Å². The third-order valence-corrected chi connectivity index (χ3v) is 5.55. The van der Waals surface area contributed by atoms with Crippen LogP contribution in [0.4, 0.5) is 23.7 Å². The molecule has 1 aromatic rings. The molecule has 2 aliphatic rings. The van der Waals surface area contributed by atoms with E-state index >= 15 is 0 Å². The molecule has 11 heteroatoms. The molecule has 2 saturated heterocycles. The highest BCUT2D eigenvalue weighted by atomic mass is 35.5. The van der Waals surface area contributed by atoms with Crippen LogP contribution in [0.1, 0.15) is 11.1 Å². The Morgan fingerprint density at radius 2 is 1.89 bits per heavy atom. The summed E-state index contributed by atoms with van der Waals surface area (Å²) in [4.78, 5) is 27.1. The summed E-state index contributed by atoms with van der Waals surface area (Å²) in [5.74, 6) is -0.651. The monoisotopic (exact) mass is 435 g/mol. The number of thioether (sulfide) groups is 1. The van der Waals surface area contributed by atoms with Gasteiger partial charge in [0.25, 0.3) is 11.1 Å². The number of piperazine rings is 1. The fourth-order valence-corrected chi connectivity index (χ4v) is 4.15. The lowest BCUT2D eigenvalue weighted by molar-refractivity contribution is -0.137. The number of aliphatic hydroxyl groups excluding tert-OH is 1. The molecular formula is C17H17ClF3N3O3S. The second kappa shape index (κ2) is 8.32. The molecule has 2 fully saturated rings. The Morgan fingerprint density at radius 1 is 1.21 bits per heavy atom. The highest BCUT2D eigenvalue weighted by Crippen LogP contribution is 2.40. The minimum absolute atomic E-state index is 0.0144. The van der Waals surface area contributed by atoms with Crippen LogP contribution in [-0.2, 0) is 11.0 Å². The van der Waals surface area contributed by atoms with Gasteiger partial charge in [0.1, 0.15) is 0 Å². The van der Waals surface area contributed by atoms with Gasteiger partial charge in [0.2, 0.25) is 0 Å². The Morgan fingerprint density at radius 3 is 2.43 bits per heavy atom. The fraction of sp³-hybridized carbons (Fsp3) is 0.412. The van der Waals surface area contributed by atoms with Crippen molar-refractivity contribution in [2.75, 3.05) is 44.2 Å². The predicted molar refractivity (Wildman–Crippen MR) is 101 cm³/mol. The number of nitrogens with one attached hydrogen (secondary N) is 1. The van der Waals surface area contributed by atoms with Gasteiger partial charge in [-0.15, -0.1) is 0 Å². The molecule has 1 aromatic carbocycles. The normalized spacial score (nSPS) is 20.2. The van der Waals surface area contributed by atoms with Crippen LogP contribution in [-0.4, -0.2) is 60.5 Å². The number of carbonyl (C=O) groups excluding carboxylic acids is 2. The molecule has 0 spiro atoms. The molecule has 2 amide bonds. The van der Waals surface area contributed by atoms with E-state index in [4.69, 9.17) is 16.7 Å². The van der Waals surface area contributed by atoms with Gasteiger partial charge in [-0.2, -0.15) is 13.2 Å². The van der Waals surface area contributed by atoms with Gasteiger partial charge >= 0.3 is 6.18 Å². The van der Waals surface area contributed by atoms with E-state index in [2.05, 4.69) is 5.32 Å². The number of hydrogen-bond donors (Lipinski definition) is 2. The lowest BCUT2D eigenvalue weighted by atomic mass is 10.1. The first kappa shape index (κ1) is 21.0. The molecule has 0 atom stereocenters. The number of aliphatic hydroxyl groups is 1. The summed E-state index contributed by atoms with van der Waals surface area (Å²) >= 11 is 6.86. The second-order valence-corrected chi connectivity index (χ2v) is 7.72. The topological polar surface area (TPSA) is 72.9 Å². The van der Waals surface area contributed by atoms with Crippen molar-refractivity contribution in [3.8, 4) is 0 Å². The van der Waals surface area contributed by atoms with E-state index in [1.54, 1.807) is 0 Å². The highest BCUT2D eigenvalue weighted by Gasteiger charge is 2.34. The van der Waals surface area contributed by atoms with Gasteiger partial charge in [0, 0.05) is 38.3 Å². The first-order chi connectivity index (χ1) is 13.2. The number of hydrogen-bond acceptors (Lipinski definition) is 6. The van der Waals surface area contributed by atoms with Crippen LogP contribution in [0.2, 0.25) is 5.02 Å². The van der Waals surface area contributed by atoms with Crippen molar-refractivity contribution in [2.45, 2.75) is 6.18 Å². The number of β-amino-alcohol motifs (C(OH)–C–C–N with tert-alkyl or cyclic N) is 1. The zero-order chi connectivity index (χ0) is 20.5. The molecular weight excluding hydrogens is 419 g/mol. The first-order valence-electron chi connectivity index (χ1n) is 8.43. The summed E-state index contributed by atoms with van der Waals surface area (Å²) in [6, 6.07) is 1.80. The molecule has 2 aliphatic heterocycles. The minimum Gasteiger partial charge on any atom is -0.395 e. The number of halogens is 4. The maximum atomic E-state index is 13.2.